The third-order valence-electron chi connectivity index (χ3n) is 14.1. The minimum atomic E-state index is -0.547. The second-order valence-corrected chi connectivity index (χ2v) is 15.3. The van der Waals surface area contributed by atoms with Crippen molar-refractivity contribution in [3.8, 4) is 0 Å². The maximum atomic E-state index is 13.8. The smallest absolute Gasteiger partial charge is 0.234 e. The summed E-state index contributed by atoms with van der Waals surface area (Å²) in [6, 6.07) is 0. The average Bonchev–Trinajstić information content (AvgIpc) is 3.23. The van der Waals surface area contributed by atoms with Gasteiger partial charge in [0.15, 0.2) is 0 Å². The van der Waals surface area contributed by atoms with Crippen LogP contribution in [-0.2, 0) is 19.2 Å². The van der Waals surface area contributed by atoms with E-state index in [2.05, 4.69) is 10.6 Å². The molecule has 5 saturated carbocycles. The van der Waals surface area contributed by atoms with Gasteiger partial charge in [-0.15, -0.1) is 0 Å². The molecule has 4 amide bonds. The molecule has 7 aliphatic rings. The molecule has 6 atom stereocenters. The van der Waals surface area contributed by atoms with E-state index in [0.29, 0.717) is 0 Å². The molecule has 5 aliphatic carbocycles. The standard InChI is InChI=1S/C34H50N2O4/c37-26-31-17-11-13-19-33(31,28(39)35-26)24(22-31)21-30(15-9-7-5-3-1-2-4-6-8-10-16-30)25-23-32-18-12-14-20-34(25,32)29(40)36-27(32)38/h24-25H,1-23H2,(H,35,37,39)(H,36,38,40). The monoisotopic (exact) mass is 550 g/mol. The van der Waals surface area contributed by atoms with Gasteiger partial charge in [0.2, 0.25) is 23.6 Å². The molecule has 0 aromatic carbocycles. The topological polar surface area (TPSA) is 92.3 Å². The molecule has 6 heteroatoms. The van der Waals surface area contributed by atoms with E-state index in [1.54, 1.807) is 0 Å². The predicted octanol–water partition coefficient (Wildman–Crippen LogP) is 6.50. The lowest BCUT2D eigenvalue weighted by Crippen LogP contribution is -2.68. The van der Waals surface area contributed by atoms with Crippen LogP contribution in [0.15, 0.2) is 0 Å². The molecule has 6 unspecified atom stereocenters. The zero-order valence-corrected chi connectivity index (χ0v) is 24.6. The normalized spacial score (nSPS) is 45.1. The lowest BCUT2D eigenvalue weighted by Gasteiger charge is -2.68. The highest BCUT2D eigenvalue weighted by atomic mass is 16.2. The molecular weight excluding hydrogens is 500 g/mol. The molecule has 7 fully saturated rings. The van der Waals surface area contributed by atoms with Gasteiger partial charge >= 0.3 is 0 Å². The molecular formula is C34H50N2O4. The number of carbonyl (C=O) groups is 4. The van der Waals surface area contributed by atoms with Gasteiger partial charge in [0.05, 0.1) is 21.7 Å². The van der Waals surface area contributed by atoms with Crippen molar-refractivity contribution in [2.45, 2.75) is 148 Å². The molecule has 220 valence electrons. The second kappa shape index (κ2) is 9.66. The summed E-state index contributed by atoms with van der Waals surface area (Å²) >= 11 is 0. The maximum Gasteiger partial charge on any atom is 0.234 e. The molecule has 40 heavy (non-hydrogen) atoms. The Labute approximate surface area is 239 Å². The van der Waals surface area contributed by atoms with Crippen molar-refractivity contribution in [1.29, 1.82) is 0 Å². The highest BCUT2D eigenvalue weighted by Crippen LogP contribution is 2.78. The highest BCUT2D eigenvalue weighted by molar-refractivity contribution is 6.12. The highest BCUT2D eigenvalue weighted by Gasteiger charge is 2.81. The predicted molar refractivity (Wildman–Crippen MR) is 152 cm³/mol. The zero-order valence-electron chi connectivity index (χ0n) is 24.6. The third kappa shape index (κ3) is 3.34. The van der Waals surface area contributed by atoms with Crippen LogP contribution >= 0.6 is 0 Å². The van der Waals surface area contributed by atoms with Gasteiger partial charge in [-0.2, -0.15) is 0 Å². The summed E-state index contributed by atoms with van der Waals surface area (Å²) in [6.07, 6.45) is 25.1. The van der Waals surface area contributed by atoms with Crippen LogP contribution in [0.5, 0.6) is 0 Å². The van der Waals surface area contributed by atoms with Crippen molar-refractivity contribution in [1.82, 2.24) is 10.6 Å². The maximum absolute atomic E-state index is 13.8. The molecule has 0 radical (unpaired) electrons. The average molecular weight is 551 g/mol. The quantitative estimate of drug-likeness (QED) is 0.392. The van der Waals surface area contributed by atoms with Crippen molar-refractivity contribution >= 4 is 23.6 Å². The van der Waals surface area contributed by atoms with E-state index < -0.39 is 21.7 Å². The Morgan fingerprint density at radius 1 is 0.475 bits per heavy atom. The van der Waals surface area contributed by atoms with Crippen molar-refractivity contribution < 1.29 is 19.2 Å². The fourth-order valence-electron chi connectivity index (χ4n) is 12.3. The number of nitrogens with one attached hydrogen (secondary N) is 2. The van der Waals surface area contributed by atoms with E-state index in [1.165, 1.54) is 64.2 Å². The Balaban J connectivity index is 1.26. The first kappa shape index (κ1) is 27.1. The van der Waals surface area contributed by atoms with Crippen LogP contribution in [-0.4, -0.2) is 23.6 Å². The summed E-state index contributed by atoms with van der Waals surface area (Å²) in [6.45, 7) is 0. The van der Waals surface area contributed by atoms with E-state index in [4.69, 9.17) is 0 Å². The van der Waals surface area contributed by atoms with Gasteiger partial charge in [-0.1, -0.05) is 89.9 Å². The molecule has 0 bridgehead atoms. The Bertz CT molecular complexity index is 1090. The van der Waals surface area contributed by atoms with Crippen molar-refractivity contribution in [3.05, 3.63) is 0 Å². The van der Waals surface area contributed by atoms with Gasteiger partial charge in [0.1, 0.15) is 0 Å². The lowest BCUT2D eigenvalue weighted by atomic mass is 9.32. The van der Waals surface area contributed by atoms with Crippen LogP contribution in [0, 0.1) is 38.9 Å². The minimum Gasteiger partial charge on any atom is -0.295 e. The molecule has 2 aliphatic heterocycles. The van der Waals surface area contributed by atoms with Crippen LogP contribution in [0.25, 0.3) is 0 Å². The fraction of sp³-hybridized carbons (Fsp3) is 0.882. The molecule has 2 N–H and O–H groups in total. The van der Waals surface area contributed by atoms with E-state index in [9.17, 15) is 19.2 Å². The summed E-state index contributed by atoms with van der Waals surface area (Å²) in [5, 5.41) is 5.66. The van der Waals surface area contributed by atoms with Crippen molar-refractivity contribution in [3.63, 3.8) is 0 Å². The molecule has 0 spiro atoms. The number of carbonyl (C=O) groups excluding carboxylic acids is 4. The van der Waals surface area contributed by atoms with Crippen LogP contribution in [0.2, 0.25) is 0 Å². The molecule has 6 nitrogen and oxygen atoms in total. The first-order valence-electron chi connectivity index (χ1n) is 17.1. The van der Waals surface area contributed by atoms with Gasteiger partial charge in [0.25, 0.3) is 0 Å². The number of hydrogen-bond acceptors (Lipinski definition) is 4. The summed E-state index contributed by atoms with van der Waals surface area (Å²) in [5.41, 5.74) is -2.09. The SMILES string of the molecule is O=C1NC(=O)C23CCCCC12CC3CC1(C2CC34CCCCC23C(=O)NC4=O)CCCCCCCCCCCC1. The van der Waals surface area contributed by atoms with Crippen LogP contribution in [0.3, 0.4) is 0 Å². The molecule has 0 aromatic rings. The first-order chi connectivity index (χ1) is 19.4. The summed E-state index contributed by atoms with van der Waals surface area (Å²) in [5.74, 6) is 0.440. The lowest BCUT2D eigenvalue weighted by molar-refractivity contribution is -0.220. The molecule has 2 saturated heterocycles. The third-order valence-corrected chi connectivity index (χ3v) is 14.1. The van der Waals surface area contributed by atoms with Gasteiger partial charge in [-0.3, -0.25) is 29.8 Å². The molecule has 0 aromatic heterocycles. The number of hydrogen-bond donors (Lipinski definition) is 2. The van der Waals surface area contributed by atoms with Gasteiger partial charge in [-0.25, -0.2) is 0 Å². The Morgan fingerprint density at radius 3 is 1.48 bits per heavy atom. The Kier molecular flexibility index (Phi) is 6.55. The van der Waals surface area contributed by atoms with Crippen LogP contribution < -0.4 is 10.6 Å². The summed E-state index contributed by atoms with van der Waals surface area (Å²) < 4.78 is 0. The second-order valence-electron chi connectivity index (χ2n) is 15.3. The number of rotatable bonds is 3. The van der Waals surface area contributed by atoms with Gasteiger partial charge in [-0.05, 0) is 75.0 Å². The van der Waals surface area contributed by atoms with Crippen LogP contribution in [0.1, 0.15) is 148 Å². The fourth-order valence-corrected chi connectivity index (χ4v) is 12.3. The Morgan fingerprint density at radius 2 is 0.900 bits per heavy atom. The number of imide groups is 2. The summed E-state index contributed by atoms with van der Waals surface area (Å²) in [4.78, 5) is 54.0. The molecule has 2 heterocycles. The van der Waals surface area contributed by atoms with Crippen molar-refractivity contribution in [2.75, 3.05) is 0 Å². The van der Waals surface area contributed by atoms with E-state index in [0.717, 1.165) is 83.5 Å². The first-order valence-corrected chi connectivity index (χ1v) is 17.1. The zero-order chi connectivity index (χ0) is 27.6. The largest absolute Gasteiger partial charge is 0.295 e. The van der Waals surface area contributed by atoms with Gasteiger partial charge < -0.3 is 0 Å². The van der Waals surface area contributed by atoms with E-state index in [1.807, 2.05) is 0 Å². The van der Waals surface area contributed by atoms with E-state index in [-0.39, 0.29) is 40.9 Å². The number of amides is 4. The summed E-state index contributed by atoms with van der Waals surface area (Å²) in [7, 11) is 0. The van der Waals surface area contributed by atoms with Crippen molar-refractivity contribution in [2.24, 2.45) is 38.9 Å². The Hall–Kier alpha value is -1.72. The van der Waals surface area contributed by atoms with E-state index >= 15 is 0 Å². The van der Waals surface area contributed by atoms with Gasteiger partial charge in [0, 0.05) is 0 Å². The van der Waals surface area contributed by atoms with Crippen LogP contribution in [0.4, 0.5) is 0 Å². The minimum absolute atomic E-state index is 0.000754. The molecule has 7 rings (SSSR count).